The largest absolute Gasteiger partial charge is 2.00 e. The number of fused-ring (bicyclic) bond motifs is 3. The number of aromatic nitrogens is 2. The molecule has 0 saturated heterocycles. The summed E-state index contributed by atoms with van der Waals surface area (Å²) in [7, 11) is 0. The van der Waals surface area contributed by atoms with Gasteiger partial charge in [-0.2, -0.15) is 6.07 Å². The molecule has 0 aliphatic carbocycles. The summed E-state index contributed by atoms with van der Waals surface area (Å²) in [5, 5.41) is 2.25. The predicted octanol–water partition coefficient (Wildman–Crippen LogP) is 11.2. The fourth-order valence-electron chi connectivity index (χ4n) is 7.41. The smallest absolute Gasteiger partial charge is 0.512 e. The molecule has 2 aromatic heterocycles. The Hall–Kier alpha value is -4.99. The molecule has 0 bridgehead atoms. The third kappa shape index (κ3) is 7.08. The van der Waals surface area contributed by atoms with Gasteiger partial charge in [-0.3, -0.25) is 4.99 Å². The molecule has 0 fully saturated rings. The van der Waals surface area contributed by atoms with Gasteiger partial charge in [0.15, 0.2) is 0 Å². The summed E-state index contributed by atoms with van der Waals surface area (Å²) in [6.45, 7) is 15.1. The molecule has 6 heteroatoms. The molecular weight excluding hydrogens is 834 g/mol. The zero-order valence-electron chi connectivity index (χ0n) is 31.2. The van der Waals surface area contributed by atoms with Crippen LogP contribution in [0.15, 0.2) is 126 Å². The van der Waals surface area contributed by atoms with E-state index in [2.05, 4.69) is 168 Å². The first-order valence-corrected chi connectivity index (χ1v) is 18.0. The summed E-state index contributed by atoms with van der Waals surface area (Å²) < 4.78 is 15.4. The average Bonchev–Trinajstić information content (AvgIpc) is 3.61. The molecule has 5 aromatic carbocycles. The van der Waals surface area contributed by atoms with Gasteiger partial charge in [0.05, 0.1) is 6.04 Å². The Bertz CT molecular complexity index is 2420. The van der Waals surface area contributed by atoms with E-state index in [1.54, 1.807) is 0 Å². The van der Waals surface area contributed by atoms with Crippen LogP contribution in [-0.4, -0.2) is 27.1 Å². The molecule has 0 amide bonds. The van der Waals surface area contributed by atoms with Gasteiger partial charge < -0.3 is 14.0 Å². The minimum absolute atomic E-state index is 0. The zero-order chi connectivity index (χ0) is 36.2. The van der Waals surface area contributed by atoms with Gasteiger partial charge in [0.25, 0.3) is 0 Å². The zero-order valence-corrected chi connectivity index (χ0v) is 33.4. The van der Waals surface area contributed by atoms with Crippen LogP contribution in [0.25, 0.3) is 27.6 Å². The van der Waals surface area contributed by atoms with Crippen LogP contribution in [0.2, 0.25) is 0 Å². The number of ether oxygens (including phenoxy) is 2. The summed E-state index contributed by atoms with van der Waals surface area (Å²) in [4.78, 5) is 10.1. The van der Waals surface area contributed by atoms with Gasteiger partial charge in [0, 0.05) is 29.1 Å². The Morgan fingerprint density at radius 1 is 0.755 bits per heavy atom. The van der Waals surface area contributed by atoms with Gasteiger partial charge >= 0.3 is 21.1 Å². The molecule has 53 heavy (non-hydrogen) atoms. The van der Waals surface area contributed by atoms with Crippen molar-refractivity contribution >= 4 is 27.7 Å². The van der Waals surface area contributed by atoms with Crippen molar-refractivity contribution in [2.75, 3.05) is 0 Å². The Balaban J connectivity index is 0.00000435. The summed E-state index contributed by atoms with van der Waals surface area (Å²) in [6.07, 6.45) is 1.90. The van der Waals surface area contributed by atoms with Gasteiger partial charge in [-0.05, 0) is 66.5 Å². The van der Waals surface area contributed by atoms with Crippen LogP contribution in [0.3, 0.4) is 0 Å². The normalized spacial score (nSPS) is 15.3. The van der Waals surface area contributed by atoms with Crippen LogP contribution < -0.4 is 4.74 Å². The summed E-state index contributed by atoms with van der Waals surface area (Å²) in [5.41, 5.74) is 8.02. The molecule has 0 spiro atoms. The van der Waals surface area contributed by atoms with Crippen molar-refractivity contribution in [1.29, 1.82) is 0 Å². The Morgan fingerprint density at radius 2 is 1.45 bits per heavy atom. The third-order valence-electron chi connectivity index (χ3n) is 10.0. The Kier molecular flexibility index (Phi) is 9.68. The van der Waals surface area contributed by atoms with Crippen molar-refractivity contribution in [3.63, 3.8) is 0 Å². The molecule has 0 N–H and O–H groups in total. The quantitative estimate of drug-likeness (QED) is 0.150. The maximum absolute atomic E-state index is 6.68. The number of aliphatic imine (C=N–C) groups is 1. The standard InChI is InChI=1S/C47H43N3O2.Pt/c1-30-18-21-40-39(26-30)38-20-19-36(29-41(38)50(40)42-28-35(22-23-48-42)46(3,4)5)51-37-25-31(2)24-34(27-37)45-49-44(47(6,7)52-45)43(32-14-10-8-11-15-32)33-16-12-9-13-17-33;/h8-26,28,43-44H,1-7H3;/q-2;+2/t44-;/m1./s1. The third-order valence-corrected chi connectivity index (χ3v) is 10.0. The monoisotopic (exact) mass is 876 g/mol. The minimum Gasteiger partial charge on any atom is -0.512 e. The van der Waals surface area contributed by atoms with Crippen LogP contribution in [0.4, 0.5) is 0 Å². The van der Waals surface area contributed by atoms with Crippen molar-refractivity contribution in [3.05, 3.63) is 167 Å². The van der Waals surface area contributed by atoms with Gasteiger partial charge in [-0.15, -0.1) is 29.1 Å². The fraction of sp³-hybridized carbons (Fsp3) is 0.234. The summed E-state index contributed by atoms with van der Waals surface area (Å²) in [5.74, 6) is 2.61. The first-order chi connectivity index (χ1) is 24.9. The molecule has 7 aromatic rings. The molecule has 8 rings (SSSR count). The number of nitrogens with zero attached hydrogens (tertiary/aromatic N) is 3. The maximum Gasteiger partial charge on any atom is 2.00 e. The number of benzene rings is 5. The van der Waals surface area contributed by atoms with Crippen LogP contribution in [0, 0.1) is 26.0 Å². The van der Waals surface area contributed by atoms with Crippen molar-refractivity contribution in [2.24, 2.45) is 4.99 Å². The second kappa shape index (κ2) is 14.1. The number of aryl methyl sites for hydroxylation is 2. The first kappa shape index (κ1) is 36.4. The van der Waals surface area contributed by atoms with E-state index in [1.165, 1.54) is 22.3 Å². The molecule has 0 unspecified atom stereocenters. The topological polar surface area (TPSA) is 48.6 Å². The van der Waals surface area contributed by atoms with E-state index in [-0.39, 0.29) is 38.4 Å². The van der Waals surface area contributed by atoms with Gasteiger partial charge in [0.2, 0.25) is 0 Å². The minimum atomic E-state index is -0.562. The molecule has 0 radical (unpaired) electrons. The summed E-state index contributed by atoms with van der Waals surface area (Å²) in [6, 6.07) is 47.1. The van der Waals surface area contributed by atoms with Crippen molar-refractivity contribution in [1.82, 2.24) is 9.55 Å². The molecule has 5 nitrogen and oxygen atoms in total. The Morgan fingerprint density at radius 3 is 2.13 bits per heavy atom. The number of pyridine rings is 1. The van der Waals surface area contributed by atoms with E-state index in [1.807, 2.05) is 18.3 Å². The number of hydrogen-bond acceptors (Lipinski definition) is 4. The molecule has 268 valence electrons. The van der Waals surface area contributed by atoms with Crippen molar-refractivity contribution in [2.45, 2.75) is 71.4 Å². The van der Waals surface area contributed by atoms with Gasteiger partial charge in [0.1, 0.15) is 17.3 Å². The number of rotatable bonds is 7. The predicted molar refractivity (Wildman–Crippen MR) is 211 cm³/mol. The second-order valence-electron chi connectivity index (χ2n) is 15.5. The van der Waals surface area contributed by atoms with E-state index in [9.17, 15) is 0 Å². The fourth-order valence-corrected chi connectivity index (χ4v) is 7.41. The van der Waals surface area contributed by atoms with E-state index in [0.717, 1.165) is 38.8 Å². The second-order valence-corrected chi connectivity index (χ2v) is 15.5. The average molecular weight is 877 g/mol. The molecule has 1 aliphatic rings. The Labute approximate surface area is 327 Å². The van der Waals surface area contributed by atoms with Crippen molar-refractivity contribution < 1.29 is 30.5 Å². The molecular formula is C47H43N3O2Pt. The molecule has 0 saturated carbocycles. The van der Waals surface area contributed by atoms with E-state index in [4.69, 9.17) is 19.5 Å². The van der Waals surface area contributed by atoms with Crippen LogP contribution in [-0.2, 0) is 31.2 Å². The van der Waals surface area contributed by atoms with E-state index < -0.39 is 5.60 Å². The van der Waals surface area contributed by atoms with Gasteiger partial charge in [-0.25, -0.2) is 4.98 Å². The summed E-state index contributed by atoms with van der Waals surface area (Å²) >= 11 is 0. The molecule has 3 heterocycles. The molecule has 1 aliphatic heterocycles. The van der Waals surface area contributed by atoms with Crippen LogP contribution >= 0.6 is 0 Å². The maximum atomic E-state index is 6.68. The first-order valence-electron chi connectivity index (χ1n) is 18.0. The van der Waals surface area contributed by atoms with Crippen LogP contribution in [0.5, 0.6) is 11.5 Å². The number of hydrogen-bond donors (Lipinski definition) is 0. The van der Waals surface area contributed by atoms with E-state index in [0.29, 0.717) is 17.4 Å². The molecule has 1 atom stereocenters. The van der Waals surface area contributed by atoms with Crippen molar-refractivity contribution in [3.8, 4) is 17.3 Å². The van der Waals surface area contributed by atoms with E-state index >= 15 is 0 Å². The van der Waals surface area contributed by atoms with Gasteiger partial charge in [-0.1, -0.05) is 129 Å². The van der Waals surface area contributed by atoms with Crippen LogP contribution in [0.1, 0.15) is 73.9 Å². The SMILES string of the molecule is Cc1cc(Oc2[c-]c3c(cc2)c2cc(C)ccc2n3-c2cc(C(C)(C)C)ccn2)[c-]c(C2=N[C@H](C(c3ccccc3)c3ccccc3)C(C)(C)O2)c1.[Pt+2].